The smallest absolute Gasteiger partial charge is 0.243 e. The maximum absolute atomic E-state index is 12.3. The first kappa shape index (κ1) is 28.6. The lowest BCUT2D eigenvalue weighted by Gasteiger charge is -2.33. The van der Waals surface area contributed by atoms with Gasteiger partial charge < -0.3 is 19.7 Å². The average Bonchev–Trinajstić information content (AvgIpc) is 3.72. The first-order valence-corrected chi connectivity index (χ1v) is 15.7. The topological polar surface area (TPSA) is 150 Å². The Morgan fingerprint density at radius 2 is 1.84 bits per heavy atom. The average molecular weight is 603 g/mol. The second kappa shape index (κ2) is 11.3. The van der Waals surface area contributed by atoms with Crippen LogP contribution in [0.2, 0.25) is 0 Å². The summed E-state index contributed by atoms with van der Waals surface area (Å²) >= 11 is 0. The minimum absolute atomic E-state index is 0.0516. The molecule has 1 atom stereocenters. The number of aryl methyl sites for hydroxylation is 2. The number of hydrogen-bond acceptors (Lipinski definition) is 10. The van der Waals surface area contributed by atoms with Gasteiger partial charge >= 0.3 is 0 Å². The fourth-order valence-electron chi connectivity index (χ4n) is 5.10. The van der Waals surface area contributed by atoms with Crippen molar-refractivity contribution in [3.05, 3.63) is 77.0 Å². The van der Waals surface area contributed by atoms with Gasteiger partial charge in [0.25, 0.3) is 0 Å². The van der Waals surface area contributed by atoms with Crippen LogP contribution in [0.25, 0.3) is 11.8 Å². The normalized spacial score (nSPS) is 16.2. The number of nitrogens with one attached hydrogen (secondary N) is 1. The molecule has 1 aliphatic carbocycles. The molecule has 0 bridgehead atoms. The van der Waals surface area contributed by atoms with Crippen LogP contribution in [0.1, 0.15) is 54.3 Å². The van der Waals surface area contributed by atoms with Gasteiger partial charge in [0.1, 0.15) is 34.1 Å². The lowest BCUT2D eigenvalue weighted by molar-refractivity contribution is 0.291. The SMILES string of the molecule is CCOc1ccc(C2C=Cc3nc(NCc4ccc(-n5nc(C)nc5C)cc4)nc(OC4CC4)c3N2C)cc1S(N)(=O)=O. The van der Waals surface area contributed by atoms with Crippen LogP contribution in [0.15, 0.2) is 53.4 Å². The molecule has 0 amide bonds. The van der Waals surface area contributed by atoms with Crippen LogP contribution in [-0.4, -0.2) is 52.9 Å². The summed E-state index contributed by atoms with van der Waals surface area (Å²) in [4.78, 5) is 15.9. The summed E-state index contributed by atoms with van der Waals surface area (Å²) in [7, 11) is -2.08. The largest absolute Gasteiger partial charge is 0.492 e. The van der Waals surface area contributed by atoms with Gasteiger partial charge in [-0.25, -0.2) is 28.2 Å². The number of nitrogens with two attached hydrogens (primary N) is 1. The van der Waals surface area contributed by atoms with Crippen molar-refractivity contribution in [3.8, 4) is 17.3 Å². The monoisotopic (exact) mass is 602 g/mol. The Hall–Kier alpha value is -4.49. The molecule has 2 aromatic heterocycles. The molecule has 3 N–H and O–H groups in total. The maximum Gasteiger partial charge on any atom is 0.243 e. The van der Waals surface area contributed by atoms with E-state index in [1.165, 1.54) is 0 Å². The number of benzene rings is 2. The van der Waals surface area contributed by atoms with Gasteiger partial charge in [0.05, 0.1) is 24.0 Å². The molecule has 1 fully saturated rings. The highest BCUT2D eigenvalue weighted by atomic mass is 32.2. The van der Waals surface area contributed by atoms with Gasteiger partial charge in [-0.1, -0.05) is 24.3 Å². The molecule has 2 aromatic carbocycles. The number of fused-ring (bicyclic) bond motifs is 1. The van der Waals surface area contributed by atoms with Crippen molar-refractivity contribution in [1.82, 2.24) is 24.7 Å². The quantitative estimate of drug-likeness (QED) is 0.272. The Labute approximate surface area is 250 Å². The summed E-state index contributed by atoms with van der Waals surface area (Å²) in [5.41, 5.74) is 4.17. The first-order chi connectivity index (χ1) is 20.6. The zero-order valence-corrected chi connectivity index (χ0v) is 25.3. The Kier molecular flexibility index (Phi) is 7.52. The van der Waals surface area contributed by atoms with Gasteiger partial charge in [-0.2, -0.15) is 10.1 Å². The zero-order chi connectivity index (χ0) is 30.3. The van der Waals surface area contributed by atoms with Crippen molar-refractivity contribution in [3.63, 3.8) is 0 Å². The van der Waals surface area contributed by atoms with Crippen LogP contribution < -0.4 is 24.8 Å². The molecule has 2 aliphatic rings. The van der Waals surface area contributed by atoms with Crippen molar-refractivity contribution >= 4 is 27.7 Å². The Morgan fingerprint density at radius 3 is 2.49 bits per heavy atom. The van der Waals surface area contributed by atoms with E-state index in [1.54, 1.807) is 19.1 Å². The van der Waals surface area contributed by atoms with E-state index in [9.17, 15) is 8.42 Å². The van der Waals surface area contributed by atoms with Crippen molar-refractivity contribution in [2.24, 2.45) is 5.14 Å². The number of primary sulfonamides is 1. The molecule has 13 heteroatoms. The Morgan fingerprint density at radius 1 is 1.07 bits per heavy atom. The summed E-state index contributed by atoms with van der Waals surface area (Å²) in [6.07, 6.45) is 5.93. The standard InChI is InChI=1S/C30H34N8O4S/c1-5-41-26-15-8-21(16-27(26)43(31,39)40)25-14-13-24-28(37(25)4)29(42-23-11-12-23)35-30(34-24)32-17-20-6-9-22(10-7-20)38-19(3)33-18(2)36-38/h6-10,13-16,23,25H,5,11-12,17H2,1-4H3,(H2,31,39,40)(H,32,34,35). The summed E-state index contributed by atoms with van der Waals surface area (Å²) in [5, 5.41) is 13.3. The second-order valence-electron chi connectivity index (χ2n) is 10.6. The van der Waals surface area contributed by atoms with Crippen molar-refractivity contribution < 1.29 is 17.9 Å². The lowest BCUT2D eigenvalue weighted by Crippen LogP contribution is -2.28. The summed E-state index contributed by atoms with van der Waals surface area (Å²) in [5.74, 6) is 2.73. The van der Waals surface area contributed by atoms with E-state index in [2.05, 4.69) is 15.4 Å². The molecule has 1 saturated carbocycles. The summed E-state index contributed by atoms with van der Waals surface area (Å²) < 4.78 is 38.3. The fraction of sp³-hybridized carbons (Fsp3) is 0.333. The number of sulfonamides is 1. The molecule has 6 rings (SSSR count). The molecule has 4 aromatic rings. The van der Waals surface area contributed by atoms with Crippen LogP contribution in [0.5, 0.6) is 11.6 Å². The molecule has 1 unspecified atom stereocenters. The maximum atomic E-state index is 12.3. The number of likely N-dealkylation sites (N-methyl/N-ethyl adjacent to an activating group) is 1. The van der Waals surface area contributed by atoms with Gasteiger partial charge in [0.15, 0.2) is 0 Å². The molecule has 1 aliphatic heterocycles. The van der Waals surface area contributed by atoms with Crippen LogP contribution in [0, 0.1) is 13.8 Å². The number of anilines is 2. The van der Waals surface area contributed by atoms with Crippen molar-refractivity contribution in [1.29, 1.82) is 0 Å². The Balaban J connectivity index is 1.25. The van der Waals surface area contributed by atoms with Gasteiger partial charge in [-0.3, -0.25) is 0 Å². The van der Waals surface area contributed by atoms with E-state index in [4.69, 9.17) is 24.6 Å². The van der Waals surface area contributed by atoms with E-state index in [0.29, 0.717) is 30.7 Å². The minimum atomic E-state index is -4.00. The third kappa shape index (κ3) is 6.04. The van der Waals surface area contributed by atoms with Crippen LogP contribution in [0.4, 0.5) is 11.6 Å². The van der Waals surface area contributed by atoms with Gasteiger partial charge in [-0.15, -0.1) is 0 Å². The molecular weight excluding hydrogens is 568 g/mol. The fourth-order valence-corrected chi connectivity index (χ4v) is 5.80. The third-order valence-electron chi connectivity index (χ3n) is 7.31. The molecule has 0 saturated heterocycles. The van der Waals surface area contributed by atoms with Crippen molar-refractivity contribution in [2.75, 3.05) is 23.9 Å². The molecule has 43 heavy (non-hydrogen) atoms. The molecular formula is C30H34N8O4S. The zero-order valence-electron chi connectivity index (χ0n) is 24.5. The first-order valence-electron chi connectivity index (χ1n) is 14.1. The lowest BCUT2D eigenvalue weighted by atomic mass is 10.0. The minimum Gasteiger partial charge on any atom is -0.492 e. The highest BCUT2D eigenvalue weighted by Gasteiger charge is 2.32. The molecule has 0 spiro atoms. The summed E-state index contributed by atoms with van der Waals surface area (Å²) in [6, 6.07) is 12.8. The highest BCUT2D eigenvalue weighted by molar-refractivity contribution is 7.89. The van der Waals surface area contributed by atoms with E-state index >= 15 is 0 Å². The molecule has 3 heterocycles. The number of aromatic nitrogens is 5. The van der Waals surface area contributed by atoms with Gasteiger partial charge in [0.2, 0.25) is 21.9 Å². The van der Waals surface area contributed by atoms with Crippen LogP contribution in [0.3, 0.4) is 0 Å². The third-order valence-corrected chi connectivity index (χ3v) is 8.24. The van der Waals surface area contributed by atoms with E-state index in [-0.39, 0.29) is 22.8 Å². The number of hydrogen-bond donors (Lipinski definition) is 2. The number of nitrogens with zero attached hydrogens (tertiary/aromatic N) is 6. The number of rotatable bonds is 10. The van der Waals surface area contributed by atoms with E-state index in [1.807, 2.05) is 73.0 Å². The Bertz CT molecular complexity index is 1800. The predicted octanol–water partition coefficient (Wildman–Crippen LogP) is 4.08. The van der Waals surface area contributed by atoms with E-state index < -0.39 is 10.0 Å². The van der Waals surface area contributed by atoms with Gasteiger partial charge in [0, 0.05) is 13.6 Å². The molecule has 224 valence electrons. The van der Waals surface area contributed by atoms with Crippen molar-refractivity contribution in [2.45, 2.75) is 57.2 Å². The second-order valence-corrected chi connectivity index (χ2v) is 12.2. The number of ether oxygens (including phenoxy) is 2. The predicted molar refractivity (Wildman–Crippen MR) is 163 cm³/mol. The van der Waals surface area contributed by atoms with Crippen LogP contribution >= 0.6 is 0 Å². The van der Waals surface area contributed by atoms with Crippen LogP contribution in [-0.2, 0) is 16.6 Å². The molecule has 12 nitrogen and oxygen atoms in total. The van der Waals surface area contributed by atoms with Gasteiger partial charge in [-0.05, 0) is 75.1 Å². The highest BCUT2D eigenvalue weighted by Crippen LogP contribution is 2.43. The van der Waals surface area contributed by atoms with E-state index in [0.717, 1.165) is 47.0 Å². The molecule has 0 radical (unpaired) electrons. The summed E-state index contributed by atoms with van der Waals surface area (Å²) in [6.45, 7) is 6.43.